The van der Waals surface area contributed by atoms with Crippen LogP contribution in [0, 0.1) is 25.2 Å². The summed E-state index contributed by atoms with van der Waals surface area (Å²) in [6.07, 6.45) is 0. The molecule has 1 aromatic rings. The van der Waals surface area contributed by atoms with Gasteiger partial charge in [0.2, 0.25) is 0 Å². The smallest absolute Gasteiger partial charge is 0.0400 e. The van der Waals surface area contributed by atoms with Crippen molar-refractivity contribution in [2.75, 3.05) is 23.7 Å². The molecule has 1 fully saturated rings. The summed E-state index contributed by atoms with van der Waals surface area (Å²) in [6, 6.07) is 4.32. The van der Waals surface area contributed by atoms with Gasteiger partial charge in [-0.25, -0.2) is 0 Å². The first-order chi connectivity index (χ1) is 7.79. The van der Waals surface area contributed by atoms with Gasteiger partial charge in [0.05, 0.1) is 0 Å². The number of nitrogen functional groups attached to an aromatic ring is 1. The van der Waals surface area contributed by atoms with Gasteiger partial charge in [-0.15, -0.1) is 0 Å². The molecule has 1 aliphatic rings. The first-order valence-electron chi connectivity index (χ1n) is 6.40. The molecule has 2 heteroatoms. The van der Waals surface area contributed by atoms with E-state index in [1.165, 1.54) is 29.9 Å². The number of rotatable bonds is 1. The standard InChI is InChI=1S/C15H24N2/c1-10-7-14(11(2)6-13(10)16)17-8-12(9-17)15(3,4)5/h6-7,12H,8-9,16H2,1-5H3. The predicted octanol–water partition coefficient (Wildman–Crippen LogP) is 3.37. The summed E-state index contributed by atoms with van der Waals surface area (Å²) in [6.45, 7) is 13.6. The van der Waals surface area contributed by atoms with Gasteiger partial charge in [0, 0.05) is 24.5 Å². The highest BCUT2D eigenvalue weighted by atomic mass is 15.2. The number of nitrogens with two attached hydrogens (primary N) is 1. The SMILES string of the molecule is Cc1cc(N2CC(C(C)(C)C)C2)c(C)cc1N. The maximum atomic E-state index is 5.93. The number of anilines is 2. The van der Waals surface area contributed by atoms with Crippen LogP contribution < -0.4 is 10.6 Å². The fraction of sp³-hybridized carbons (Fsp3) is 0.600. The van der Waals surface area contributed by atoms with E-state index in [-0.39, 0.29) is 0 Å². The van der Waals surface area contributed by atoms with Gasteiger partial charge >= 0.3 is 0 Å². The van der Waals surface area contributed by atoms with Crippen LogP contribution in [0.1, 0.15) is 31.9 Å². The minimum Gasteiger partial charge on any atom is -0.399 e. The lowest BCUT2D eigenvalue weighted by Crippen LogP contribution is -2.52. The molecule has 0 amide bonds. The van der Waals surface area contributed by atoms with Crippen molar-refractivity contribution in [3.63, 3.8) is 0 Å². The number of aryl methyl sites for hydroxylation is 2. The quantitative estimate of drug-likeness (QED) is 0.752. The van der Waals surface area contributed by atoms with Crippen molar-refractivity contribution in [3.05, 3.63) is 23.3 Å². The Morgan fingerprint density at radius 2 is 1.71 bits per heavy atom. The average Bonchev–Trinajstić information content (AvgIpc) is 2.08. The molecule has 2 nitrogen and oxygen atoms in total. The molecule has 94 valence electrons. The number of benzene rings is 1. The van der Waals surface area contributed by atoms with E-state index < -0.39 is 0 Å². The largest absolute Gasteiger partial charge is 0.399 e. The van der Waals surface area contributed by atoms with E-state index in [0.717, 1.165) is 11.6 Å². The molecule has 0 unspecified atom stereocenters. The van der Waals surface area contributed by atoms with Crippen molar-refractivity contribution in [1.29, 1.82) is 0 Å². The van der Waals surface area contributed by atoms with E-state index in [4.69, 9.17) is 5.73 Å². The highest BCUT2D eigenvalue weighted by Crippen LogP contribution is 2.38. The molecule has 0 spiro atoms. The molecular weight excluding hydrogens is 208 g/mol. The fourth-order valence-corrected chi connectivity index (χ4v) is 2.39. The van der Waals surface area contributed by atoms with Crippen LogP contribution in [0.4, 0.5) is 11.4 Å². The first-order valence-corrected chi connectivity index (χ1v) is 6.40. The van der Waals surface area contributed by atoms with Crippen LogP contribution in [0.15, 0.2) is 12.1 Å². The molecule has 0 aliphatic carbocycles. The van der Waals surface area contributed by atoms with Gasteiger partial charge in [0.25, 0.3) is 0 Å². The summed E-state index contributed by atoms with van der Waals surface area (Å²) in [7, 11) is 0. The summed E-state index contributed by atoms with van der Waals surface area (Å²) >= 11 is 0. The molecule has 0 radical (unpaired) electrons. The Morgan fingerprint density at radius 1 is 1.12 bits per heavy atom. The molecule has 0 atom stereocenters. The van der Waals surface area contributed by atoms with Crippen molar-refractivity contribution in [1.82, 2.24) is 0 Å². The van der Waals surface area contributed by atoms with Gasteiger partial charge in [-0.1, -0.05) is 20.8 Å². The van der Waals surface area contributed by atoms with Crippen LogP contribution in [0.5, 0.6) is 0 Å². The van der Waals surface area contributed by atoms with E-state index in [0.29, 0.717) is 5.41 Å². The molecule has 2 N–H and O–H groups in total. The van der Waals surface area contributed by atoms with Crippen molar-refractivity contribution < 1.29 is 0 Å². The average molecular weight is 232 g/mol. The maximum absolute atomic E-state index is 5.93. The Bertz CT molecular complexity index is 423. The first kappa shape index (κ1) is 12.3. The van der Waals surface area contributed by atoms with Crippen molar-refractivity contribution in [2.24, 2.45) is 11.3 Å². The third-order valence-electron chi connectivity index (χ3n) is 4.03. The zero-order valence-corrected chi connectivity index (χ0v) is 11.7. The predicted molar refractivity (Wildman–Crippen MR) is 75.5 cm³/mol. The van der Waals surface area contributed by atoms with Crippen LogP contribution in [-0.4, -0.2) is 13.1 Å². The van der Waals surface area contributed by atoms with Crippen LogP contribution in [0.2, 0.25) is 0 Å². The second-order valence-corrected chi connectivity index (χ2v) is 6.46. The normalized spacial score (nSPS) is 17.1. The highest BCUT2D eigenvalue weighted by Gasteiger charge is 2.36. The molecule has 1 aliphatic heterocycles. The minimum absolute atomic E-state index is 0.424. The van der Waals surface area contributed by atoms with Crippen molar-refractivity contribution in [2.45, 2.75) is 34.6 Å². The lowest BCUT2D eigenvalue weighted by Gasteiger charge is -2.48. The van der Waals surface area contributed by atoms with Gasteiger partial charge in [0.1, 0.15) is 0 Å². The molecule has 1 heterocycles. The van der Waals surface area contributed by atoms with Gasteiger partial charge in [-0.3, -0.25) is 0 Å². The zero-order valence-electron chi connectivity index (χ0n) is 11.7. The minimum atomic E-state index is 0.424. The molecule has 17 heavy (non-hydrogen) atoms. The van der Waals surface area contributed by atoms with E-state index >= 15 is 0 Å². The lowest BCUT2D eigenvalue weighted by molar-refractivity contribution is 0.195. The van der Waals surface area contributed by atoms with Crippen molar-refractivity contribution >= 4 is 11.4 Å². The second kappa shape index (κ2) is 3.94. The molecule has 0 aromatic heterocycles. The molecule has 1 aromatic carbocycles. The maximum Gasteiger partial charge on any atom is 0.0400 e. The van der Waals surface area contributed by atoms with Crippen LogP contribution in [-0.2, 0) is 0 Å². The number of nitrogens with zero attached hydrogens (tertiary/aromatic N) is 1. The van der Waals surface area contributed by atoms with E-state index in [9.17, 15) is 0 Å². The van der Waals surface area contributed by atoms with Crippen LogP contribution in [0.25, 0.3) is 0 Å². The third-order valence-corrected chi connectivity index (χ3v) is 4.03. The van der Waals surface area contributed by atoms with E-state index in [2.05, 4.69) is 51.7 Å². The van der Waals surface area contributed by atoms with Gasteiger partial charge in [0.15, 0.2) is 0 Å². The topological polar surface area (TPSA) is 29.3 Å². The third kappa shape index (κ3) is 2.26. The number of hydrogen-bond acceptors (Lipinski definition) is 2. The summed E-state index contributed by atoms with van der Waals surface area (Å²) in [5, 5.41) is 0. The Hall–Kier alpha value is -1.18. The summed E-state index contributed by atoms with van der Waals surface area (Å²) in [4.78, 5) is 2.47. The van der Waals surface area contributed by atoms with Gasteiger partial charge in [-0.2, -0.15) is 0 Å². The molecule has 0 bridgehead atoms. The van der Waals surface area contributed by atoms with E-state index in [1.54, 1.807) is 0 Å². The monoisotopic (exact) mass is 232 g/mol. The van der Waals surface area contributed by atoms with Crippen LogP contribution in [0.3, 0.4) is 0 Å². The molecule has 2 rings (SSSR count). The Labute approximate surface area is 105 Å². The molecule has 0 saturated carbocycles. The lowest BCUT2D eigenvalue weighted by atomic mass is 9.75. The summed E-state index contributed by atoms with van der Waals surface area (Å²) in [5.41, 5.74) is 11.1. The Kier molecular flexibility index (Phi) is 2.84. The fourth-order valence-electron chi connectivity index (χ4n) is 2.39. The summed E-state index contributed by atoms with van der Waals surface area (Å²) in [5.74, 6) is 0.805. The zero-order chi connectivity index (χ0) is 12.8. The van der Waals surface area contributed by atoms with Crippen LogP contribution >= 0.6 is 0 Å². The molecular formula is C15H24N2. The van der Waals surface area contributed by atoms with Gasteiger partial charge < -0.3 is 10.6 Å². The highest BCUT2D eigenvalue weighted by molar-refractivity contribution is 5.64. The number of hydrogen-bond donors (Lipinski definition) is 1. The molecule has 1 saturated heterocycles. The van der Waals surface area contributed by atoms with Gasteiger partial charge in [-0.05, 0) is 48.4 Å². The summed E-state index contributed by atoms with van der Waals surface area (Å²) < 4.78 is 0. The second-order valence-electron chi connectivity index (χ2n) is 6.46. The van der Waals surface area contributed by atoms with E-state index in [1.807, 2.05) is 0 Å². The Morgan fingerprint density at radius 3 is 2.24 bits per heavy atom. The Balaban J connectivity index is 2.14. The van der Waals surface area contributed by atoms with Crippen molar-refractivity contribution in [3.8, 4) is 0 Å².